The van der Waals surface area contributed by atoms with E-state index in [-0.39, 0.29) is 5.97 Å². The molecular weight excluding hydrogens is 393 g/mol. The predicted octanol–water partition coefficient (Wildman–Crippen LogP) is 8.58. The van der Waals surface area contributed by atoms with Crippen LogP contribution < -0.4 is 0 Å². The van der Waals surface area contributed by atoms with Crippen molar-refractivity contribution >= 4 is 15.0 Å². The third-order valence-electron chi connectivity index (χ3n) is 5.19. The maximum Gasteiger partial charge on any atom is 0.616 e. The lowest BCUT2D eigenvalue weighted by atomic mass is 10.0. The van der Waals surface area contributed by atoms with Gasteiger partial charge in [-0.1, -0.05) is 103 Å². The van der Waals surface area contributed by atoms with Crippen LogP contribution in [-0.2, 0) is 9.53 Å². The minimum atomic E-state index is -5.29. The normalized spacial score (nSPS) is 11.6. The minimum Gasteiger partial charge on any atom is -0.462 e. The lowest BCUT2D eigenvalue weighted by molar-refractivity contribution is -0.139. The zero-order chi connectivity index (χ0) is 21.8. The largest absolute Gasteiger partial charge is 0.616 e. The topological polar surface area (TPSA) is 26.3 Å². The highest BCUT2D eigenvalue weighted by Gasteiger charge is 2.35. The Morgan fingerprint density at radius 3 is 1.28 bits per heavy atom. The SMILES string of the molecule is C=C(C)C(=O)OCCCCCCCCCCCCCCCCCCC[Si](F)(F)F. The summed E-state index contributed by atoms with van der Waals surface area (Å²) in [6.07, 6.45) is 19.2. The number of halogens is 3. The fraction of sp³-hybridized carbons (Fsp3) is 0.870. The van der Waals surface area contributed by atoms with Gasteiger partial charge in [-0.25, -0.2) is 17.1 Å². The van der Waals surface area contributed by atoms with E-state index in [9.17, 15) is 17.1 Å². The van der Waals surface area contributed by atoms with E-state index in [0.29, 0.717) is 18.6 Å². The van der Waals surface area contributed by atoms with E-state index in [4.69, 9.17) is 4.74 Å². The first kappa shape index (κ1) is 28.2. The number of carbonyl (C=O) groups excluding carboxylic acids is 1. The molecule has 0 atom stereocenters. The van der Waals surface area contributed by atoms with E-state index in [1.165, 1.54) is 70.6 Å². The molecule has 0 N–H and O–H groups in total. The third-order valence-corrected chi connectivity index (χ3v) is 6.11. The van der Waals surface area contributed by atoms with Gasteiger partial charge in [0, 0.05) is 11.6 Å². The molecule has 0 amide bonds. The molecule has 0 radical (unpaired) electrons. The average Bonchev–Trinajstić information content (AvgIpc) is 2.65. The van der Waals surface area contributed by atoms with Crippen LogP contribution in [0.1, 0.15) is 116 Å². The second kappa shape index (κ2) is 19.2. The van der Waals surface area contributed by atoms with Gasteiger partial charge >= 0.3 is 15.0 Å². The van der Waals surface area contributed by atoms with Crippen molar-refractivity contribution in [1.29, 1.82) is 0 Å². The van der Waals surface area contributed by atoms with Gasteiger partial charge in [-0.15, -0.1) is 0 Å². The Bertz CT molecular complexity index is 411. The molecular formula is C23H43F3O2Si. The van der Waals surface area contributed by atoms with Crippen molar-refractivity contribution in [3.05, 3.63) is 12.2 Å². The molecule has 0 saturated carbocycles. The second-order valence-electron chi connectivity index (χ2n) is 8.29. The lowest BCUT2D eigenvalue weighted by Crippen LogP contribution is -2.13. The fourth-order valence-electron chi connectivity index (χ4n) is 3.37. The molecule has 6 heteroatoms. The Balaban J connectivity index is 3.10. The molecule has 0 aromatic carbocycles. The van der Waals surface area contributed by atoms with Crippen molar-refractivity contribution in [3.63, 3.8) is 0 Å². The maximum atomic E-state index is 12.1. The monoisotopic (exact) mass is 436 g/mol. The van der Waals surface area contributed by atoms with Crippen molar-refractivity contribution in [3.8, 4) is 0 Å². The van der Waals surface area contributed by atoms with Crippen molar-refractivity contribution in [2.75, 3.05) is 6.61 Å². The molecule has 0 heterocycles. The molecule has 0 aromatic rings. The van der Waals surface area contributed by atoms with Gasteiger partial charge in [-0.2, -0.15) is 0 Å². The van der Waals surface area contributed by atoms with Crippen LogP contribution >= 0.6 is 0 Å². The Morgan fingerprint density at radius 2 is 0.966 bits per heavy atom. The van der Waals surface area contributed by atoms with Gasteiger partial charge in [0.15, 0.2) is 0 Å². The van der Waals surface area contributed by atoms with Gasteiger partial charge in [0.05, 0.1) is 6.61 Å². The van der Waals surface area contributed by atoms with Crippen LogP contribution in [0, 0.1) is 0 Å². The van der Waals surface area contributed by atoms with Crippen molar-refractivity contribution in [2.24, 2.45) is 0 Å². The number of carbonyl (C=O) groups is 1. The van der Waals surface area contributed by atoms with Crippen LogP contribution in [0.3, 0.4) is 0 Å². The fourth-order valence-corrected chi connectivity index (χ4v) is 4.02. The Hall–Kier alpha value is -0.783. The van der Waals surface area contributed by atoms with Crippen LogP contribution in [0.2, 0.25) is 6.04 Å². The molecule has 29 heavy (non-hydrogen) atoms. The van der Waals surface area contributed by atoms with Gasteiger partial charge in [0.25, 0.3) is 0 Å². The first-order valence-electron chi connectivity index (χ1n) is 11.7. The Labute approximate surface area is 178 Å². The summed E-state index contributed by atoms with van der Waals surface area (Å²) < 4.78 is 41.5. The molecule has 0 aromatic heterocycles. The number of unbranched alkanes of at least 4 members (excludes halogenated alkanes) is 16. The Kier molecular flexibility index (Phi) is 18.7. The minimum absolute atomic E-state index is 0.286. The molecule has 0 unspecified atom stereocenters. The molecule has 2 nitrogen and oxygen atoms in total. The zero-order valence-corrected chi connectivity index (χ0v) is 19.6. The summed E-state index contributed by atoms with van der Waals surface area (Å²) in [7, 11) is -5.29. The Morgan fingerprint density at radius 1 is 0.655 bits per heavy atom. The number of ether oxygens (including phenoxy) is 1. The molecule has 0 rings (SSSR count). The van der Waals surface area contributed by atoms with Gasteiger partial charge < -0.3 is 4.74 Å². The van der Waals surface area contributed by atoms with Crippen molar-refractivity contribution in [1.82, 2.24) is 0 Å². The second-order valence-corrected chi connectivity index (χ2v) is 10.0. The number of hydrogen-bond donors (Lipinski definition) is 0. The van der Waals surface area contributed by atoms with Gasteiger partial charge in [0.2, 0.25) is 0 Å². The van der Waals surface area contributed by atoms with Crippen LogP contribution in [0.25, 0.3) is 0 Å². The molecule has 0 aliphatic carbocycles. The summed E-state index contributed by atoms with van der Waals surface area (Å²) in [6.45, 7) is 5.73. The van der Waals surface area contributed by atoms with Crippen LogP contribution in [-0.4, -0.2) is 21.7 Å². The summed E-state index contributed by atoms with van der Waals surface area (Å²) in [5.41, 5.74) is 0.462. The molecule has 0 bridgehead atoms. The lowest BCUT2D eigenvalue weighted by Gasteiger charge is -2.05. The summed E-state index contributed by atoms with van der Waals surface area (Å²) >= 11 is 0. The van der Waals surface area contributed by atoms with Crippen molar-refractivity contribution in [2.45, 2.75) is 122 Å². The quantitative estimate of drug-likeness (QED) is 0.0592. The van der Waals surface area contributed by atoms with E-state index in [2.05, 4.69) is 6.58 Å². The van der Waals surface area contributed by atoms with Gasteiger partial charge in [0.1, 0.15) is 0 Å². The number of hydrogen-bond acceptors (Lipinski definition) is 2. The highest BCUT2D eigenvalue weighted by atomic mass is 28.5. The highest BCUT2D eigenvalue weighted by Crippen LogP contribution is 2.20. The standard InChI is InChI=1S/C23H43F3O2Si/c1-22(2)23(27)28-20-18-16-14-12-10-8-6-4-3-5-7-9-11-13-15-17-19-21-29(24,25)26/h1,3-21H2,2H3. The first-order chi connectivity index (χ1) is 13.8. The third kappa shape index (κ3) is 23.4. The predicted molar refractivity (Wildman–Crippen MR) is 118 cm³/mol. The summed E-state index contributed by atoms with van der Waals surface area (Å²) in [4.78, 5) is 11.2. The maximum absolute atomic E-state index is 12.1. The summed E-state index contributed by atoms with van der Waals surface area (Å²) in [6, 6.07) is -0.486. The van der Waals surface area contributed by atoms with E-state index in [0.717, 1.165) is 32.1 Å². The average molecular weight is 437 g/mol. The zero-order valence-electron chi connectivity index (χ0n) is 18.6. The van der Waals surface area contributed by atoms with E-state index in [1.54, 1.807) is 6.92 Å². The molecule has 0 spiro atoms. The van der Waals surface area contributed by atoms with Gasteiger partial charge in [-0.05, 0) is 19.8 Å². The molecule has 0 fully saturated rings. The van der Waals surface area contributed by atoms with E-state index >= 15 is 0 Å². The molecule has 0 aliphatic heterocycles. The van der Waals surface area contributed by atoms with Crippen LogP contribution in [0.5, 0.6) is 0 Å². The van der Waals surface area contributed by atoms with E-state index in [1.807, 2.05) is 0 Å². The number of rotatable bonds is 21. The van der Waals surface area contributed by atoms with Crippen LogP contribution in [0.15, 0.2) is 12.2 Å². The molecule has 0 aliphatic rings. The smallest absolute Gasteiger partial charge is 0.462 e. The molecule has 0 saturated heterocycles. The van der Waals surface area contributed by atoms with Crippen molar-refractivity contribution < 1.29 is 21.9 Å². The first-order valence-corrected chi connectivity index (χ1v) is 13.6. The molecule has 172 valence electrons. The summed E-state index contributed by atoms with van der Waals surface area (Å²) in [5.74, 6) is -0.286. The summed E-state index contributed by atoms with van der Waals surface area (Å²) in [5, 5.41) is 0. The van der Waals surface area contributed by atoms with Gasteiger partial charge in [-0.3, -0.25) is 0 Å². The van der Waals surface area contributed by atoms with Crippen LogP contribution in [0.4, 0.5) is 12.3 Å². The highest BCUT2D eigenvalue weighted by molar-refractivity contribution is 6.58. The number of esters is 1. The van der Waals surface area contributed by atoms with E-state index < -0.39 is 15.1 Å².